The van der Waals surface area contributed by atoms with Crippen LogP contribution in [0, 0.1) is 0 Å². The number of benzene rings is 2. The first-order valence-corrected chi connectivity index (χ1v) is 10.5. The largest absolute Gasteiger partial charge is 0.493 e. The van der Waals surface area contributed by atoms with Crippen molar-refractivity contribution in [3.8, 4) is 11.5 Å². The van der Waals surface area contributed by atoms with Crippen LogP contribution in [0.1, 0.15) is 18.4 Å². The smallest absolute Gasteiger partial charge is 0.244 e. The van der Waals surface area contributed by atoms with Crippen molar-refractivity contribution in [3.05, 3.63) is 60.2 Å². The molecule has 1 fully saturated rings. The van der Waals surface area contributed by atoms with Gasteiger partial charge in [0, 0.05) is 35.5 Å². The summed E-state index contributed by atoms with van der Waals surface area (Å²) in [6.07, 6.45) is 5.15. The van der Waals surface area contributed by atoms with Gasteiger partial charge < -0.3 is 19.5 Å². The van der Waals surface area contributed by atoms with Gasteiger partial charge in [-0.05, 0) is 48.7 Å². The molecule has 3 rings (SSSR count). The summed E-state index contributed by atoms with van der Waals surface area (Å²) in [5, 5.41) is 3.08. The minimum absolute atomic E-state index is 0.0492. The van der Waals surface area contributed by atoms with E-state index in [9.17, 15) is 4.79 Å². The van der Waals surface area contributed by atoms with Crippen LogP contribution in [0.5, 0.6) is 11.5 Å². The lowest BCUT2D eigenvalue weighted by Gasteiger charge is -2.36. The molecule has 0 aromatic heterocycles. The van der Waals surface area contributed by atoms with Crippen molar-refractivity contribution < 1.29 is 19.0 Å². The zero-order chi connectivity index (χ0) is 20.5. The van der Waals surface area contributed by atoms with Crippen molar-refractivity contribution in [2.75, 3.05) is 34.0 Å². The molecule has 6 heteroatoms. The second-order valence-electron chi connectivity index (χ2n) is 6.88. The maximum Gasteiger partial charge on any atom is 0.244 e. The van der Waals surface area contributed by atoms with Crippen LogP contribution < -0.4 is 14.8 Å². The molecule has 0 spiro atoms. The fourth-order valence-corrected chi connectivity index (χ4v) is 4.54. The second-order valence-corrected chi connectivity index (χ2v) is 8.42. The molecule has 0 bridgehead atoms. The summed E-state index contributed by atoms with van der Waals surface area (Å²) >= 11 is 1.83. The van der Waals surface area contributed by atoms with Crippen molar-refractivity contribution in [2.24, 2.45) is 0 Å². The highest BCUT2D eigenvalue weighted by Crippen LogP contribution is 2.40. The molecule has 154 valence electrons. The average molecular weight is 414 g/mol. The number of thioether (sulfide) groups is 1. The van der Waals surface area contributed by atoms with Crippen molar-refractivity contribution in [3.63, 3.8) is 0 Å². The average Bonchev–Trinajstić information content (AvgIpc) is 2.77. The highest BCUT2D eigenvalue weighted by molar-refractivity contribution is 8.00. The Morgan fingerprint density at radius 3 is 2.52 bits per heavy atom. The van der Waals surface area contributed by atoms with Crippen LogP contribution in [0.2, 0.25) is 0 Å². The summed E-state index contributed by atoms with van der Waals surface area (Å²) in [7, 11) is 3.19. The number of nitrogens with one attached hydrogen (secondary N) is 1. The van der Waals surface area contributed by atoms with Gasteiger partial charge in [0.15, 0.2) is 11.5 Å². The topological polar surface area (TPSA) is 56.8 Å². The Labute approximate surface area is 176 Å². The molecule has 1 amide bonds. The molecule has 0 unspecified atom stereocenters. The molecule has 0 radical (unpaired) electrons. The van der Waals surface area contributed by atoms with Gasteiger partial charge in [0.1, 0.15) is 0 Å². The Morgan fingerprint density at radius 2 is 1.83 bits per heavy atom. The number of methoxy groups -OCH3 is 2. The van der Waals surface area contributed by atoms with Gasteiger partial charge in [-0.1, -0.05) is 24.3 Å². The van der Waals surface area contributed by atoms with Crippen LogP contribution in [-0.2, 0) is 9.53 Å². The van der Waals surface area contributed by atoms with Crippen molar-refractivity contribution in [2.45, 2.75) is 22.5 Å². The molecule has 1 aliphatic heterocycles. The Kier molecular flexibility index (Phi) is 7.61. The monoisotopic (exact) mass is 413 g/mol. The number of carbonyl (C=O) groups is 1. The maximum absolute atomic E-state index is 12.4. The number of rotatable bonds is 8. The maximum atomic E-state index is 12.4. The Hall–Kier alpha value is -2.44. The molecule has 5 nitrogen and oxygen atoms in total. The summed E-state index contributed by atoms with van der Waals surface area (Å²) in [4.78, 5) is 13.6. The zero-order valence-electron chi connectivity index (χ0n) is 16.9. The van der Waals surface area contributed by atoms with Crippen molar-refractivity contribution in [1.82, 2.24) is 5.32 Å². The molecule has 0 aliphatic carbocycles. The number of ether oxygens (including phenoxy) is 3. The number of hydrogen-bond acceptors (Lipinski definition) is 5. The Balaban J connectivity index is 1.62. The molecular formula is C23H27NO4S. The van der Waals surface area contributed by atoms with Gasteiger partial charge in [0.05, 0.1) is 14.2 Å². The zero-order valence-corrected chi connectivity index (χ0v) is 17.7. The van der Waals surface area contributed by atoms with E-state index in [2.05, 4.69) is 17.4 Å². The molecule has 0 atom stereocenters. The molecule has 2 aromatic carbocycles. The third-order valence-corrected chi connectivity index (χ3v) is 6.39. The normalized spacial score (nSPS) is 15.8. The minimum atomic E-state index is -0.112. The summed E-state index contributed by atoms with van der Waals surface area (Å²) in [5.41, 5.74) is 0.872. The van der Waals surface area contributed by atoms with Gasteiger partial charge in [0.25, 0.3) is 0 Å². The third-order valence-electron chi connectivity index (χ3n) is 4.90. The number of amides is 1. The first-order valence-electron chi connectivity index (χ1n) is 9.64. The van der Waals surface area contributed by atoms with Crippen LogP contribution >= 0.6 is 11.8 Å². The molecular weight excluding hydrogens is 386 g/mol. The first kappa shape index (κ1) is 21.3. The summed E-state index contributed by atoms with van der Waals surface area (Å²) in [5.74, 6) is 1.18. The predicted octanol–water partition coefficient (Wildman–Crippen LogP) is 4.17. The van der Waals surface area contributed by atoms with E-state index >= 15 is 0 Å². The van der Waals surface area contributed by atoms with Gasteiger partial charge in [-0.3, -0.25) is 4.79 Å². The van der Waals surface area contributed by atoms with Crippen molar-refractivity contribution >= 4 is 23.7 Å². The van der Waals surface area contributed by atoms with Gasteiger partial charge >= 0.3 is 0 Å². The number of carbonyl (C=O) groups excluding carboxylic acids is 1. The molecule has 2 aromatic rings. The van der Waals surface area contributed by atoms with Crippen molar-refractivity contribution in [1.29, 1.82) is 0 Å². The van der Waals surface area contributed by atoms with E-state index in [0.29, 0.717) is 18.0 Å². The molecule has 29 heavy (non-hydrogen) atoms. The quantitative estimate of drug-likeness (QED) is 0.658. The third kappa shape index (κ3) is 6.02. The highest BCUT2D eigenvalue weighted by Gasteiger charge is 2.34. The predicted molar refractivity (Wildman–Crippen MR) is 117 cm³/mol. The van der Waals surface area contributed by atoms with E-state index in [-0.39, 0.29) is 10.7 Å². The standard InChI is InChI=1S/C23H27NO4S/c1-26-20-10-8-18(16-21(20)27-2)9-11-22(25)24-17-23(12-14-28-15-13-23)29-19-6-4-3-5-7-19/h3-11,16H,12-15,17H2,1-2H3,(H,24,25)/b11-9+. The second kappa shape index (κ2) is 10.4. The Bertz CT molecular complexity index is 832. The fourth-order valence-electron chi connectivity index (χ4n) is 3.23. The summed E-state index contributed by atoms with van der Waals surface area (Å²) < 4.78 is 16.1. The van der Waals surface area contributed by atoms with E-state index in [1.54, 1.807) is 26.4 Å². The summed E-state index contributed by atoms with van der Waals surface area (Å²) in [6, 6.07) is 15.9. The van der Waals surface area contributed by atoms with Gasteiger partial charge in [-0.25, -0.2) is 0 Å². The van der Waals surface area contributed by atoms with E-state index < -0.39 is 0 Å². The van der Waals surface area contributed by atoms with Gasteiger partial charge in [-0.15, -0.1) is 11.8 Å². The van der Waals surface area contributed by atoms with Gasteiger partial charge in [0.2, 0.25) is 5.91 Å². The molecule has 1 heterocycles. The highest BCUT2D eigenvalue weighted by atomic mass is 32.2. The van der Waals surface area contributed by atoms with Crippen LogP contribution in [0.3, 0.4) is 0 Å². The van der Waals surface area contributed by atoms with E-state index in [0.717, 1.165) is 31.6 Å². The summed E-state index contributed by atoms with van der Waals surface area (Å²) in [6.45, 7) is 2.04. The van der Waals surface area contributed by atoms with E-state index in [4.69, 9.17) is 14.2 Å². The van der Waals surface area contributed by atoms with E-state index in [1.165, 1.54) is 4.90 Å². The lowest BCUT2D eigenvalue weighted by Crippen LogP contribution is -2.44. The SMILES string of the molecule is COc1ccc(/C=C/C(=O)NCC2(Sc3ccccc3)CCOCC2)cc1OC. The van der Waals surface area contributed by atoms with Crippen LogP contribution in [0.4, 0.5) is 0 Å². The van der Waals surface area contributed by atoms with Gasteiger partial charge in [-0.2, -0.15) is 0 Å². The molecule has 0 saturated carbocycles. The Morgan fingerprint density at radius 1 is 1.10 bits per heavy atom. The molecule has 1 aliphatic rings. The lowest BCUT2D eigenvalue weighted by molar-refractivity contribution is -0.116. The van der Waals surface area contributed by atoms with E-state index in [1.807, 2.05) is 48.2 Å². The van der Waals surface area contributed by atoms with Crippen LogP contribution in [0.15, 0.2) is 59.5 Å². The van der Waals surface area contributed by atoms with Crippen LogP contribution in [-0.4, -0.2) is 44.6 Å². The fraction of sp³-hybridized carbons (Fsp3) is 0.348. The molecule has 1 N–H and O–H groups in total. The first-order chi connectivity index (χ1) is 14.1. The van der Waals surface area contributed by atoms with Crippen LogP contribution in [0.25, 0.3) is 6.08 Å². The number of hydrogen-bond donors (Lipinski definition) is 1. The minimum Gasteiger partial charge on any atom is -0.493 e. The lowest BCUT2D eigenvalue weighted by atomic mass is 9.99. The molecule has 1 saturated heterocycles.